The summed E-state index contributed by atoms with van der Waals surface area (Å²) < 4.78 is 6.61. The number of piperidine rings is 1. The molecule has 2 aliphatic rings. The zero-order chi connectivity index (χ0) is 12.5. The maximum Gasteiger partial charge on any atom is 0.346 e. The Hall–Kier alpha value is -1.96. The van der Waals surface area contributed by atoms with Gasteiger partial charge in [0.05, 0.1) is 12.1 Å². The molecule has 2 atom stereocenters. The van der Waals surface area contributed by atoms with E-state index in [0.29, 0.717) is 19.5 Å². The third kappa shape index (κ3) is 1.94. The minimum absolute atomic E-state index is 0.00231. The first-order valence-electron chi connectivity index (χ1n) is 5.79. The molecule has 1 aromatic rings. The van der Waals surface area contributed by atoms with Gasteiger partial charge in [-0.1, -0.05) is 0 Å². The van der Waals surface area contributed by atoms with Crippen molar-refractivity contribution in [3.63, 3.8) is 0 Å². The van der Waals surface area contributed by atoms with Crippen LogP contribution >= 0.6 is 0 Å². The summed E-state index contributed by atoms with van der Waals surface area (Å²) in [6.07, 6.45) is 3.40. The second-order valence-electron chi connectivity index (χ2n) is 4.38. The highest BCUT2D eigenvalue weighted by molar-refractivity contribution is 5.79. The lowest BCUT2D eigenvalue weighted by Gasteiger charge is -2.40. The topological polar surface area (TPSA) is 89.4 Å². The predicted octanol–water partition coefficient (Wildman–Crippen LogP) is -1.16. The Kier molecular flexibility index (Phi) is 2.71. The molecule has 0 aliphatic carbocycles. The molecule has 18 heavy (non-hydrogen) atoms. The molecule has 1 N–H and O–H groups in total. The van der Waals surface area contributed by atoms with Crippen LogP contribution in [0.4, 0.5) is 4.79 Å². The van der Waals surface area contributed by atoms with Gasteiger partial charge < -0.3 is 15.0 Å². The average molecular weight is 251 g/mol. The molecule has 3 rings (SSSR count). The fourth-order valence-electron chi connectivity index (χ4n) is 2.33. The molecule has 0 saturated carbocycles. The minimum atomic E-state index is -0.231. The van der Waals surface area contributed by atoms with Crippen molar-refractivity contribution in [3.05, 3.63) is 12.7 Å². The highest BCUT2D eigenvalue weighted by atomic mass is 16.5. The van der Waals surface area contributed by atoms with Crippen LogP contribution in [0.2, 0.25) is 0 Å². The molecule has 2 amide bonds. The Morgan fingerprint density at radius 3 is 3.22 bits per heavy atom. The number of hydrogen-bond acceptors (Lipinski definition) is 5. The van der Waals surface area contributed by atoms with E-state index in [1.807, 2.05) is 0 Å². The molecule has 2 unspecified atom stereocenters. The minimum Gasteiger partial charge on any atom is -0.366 e. The zero-order valence-corrected chi connectivity index (χ0v) is 9.65. The Balaban J connectivity index is 1.69. The third-order valence-electron chi connectivity index (χ3n) is 3.21. The standard InChI is InChI=1S/C10H13N5O3/c16-9-4-18-8-1-2-14(3-7(8)13-9)10(17)15-6-11-5-12-15/h5-8H,1-4H2,(H,13,16). The molecule has 0 aromatic carbocycles. The van der Waals surface area contributed by atoms with E-state index < -0.39 is 0 Å². The van der Waals surface area contributed by atoms with Crippen LogP contribution in [-0.4, -0.2) is 63.4 Å². The summed E-state index contributed by atoms with van der Waals surface area (Å²) in [6.45, 7) is 1.14. The van der Waals surface area contributed by atoms with Crippen molar-refractivity contribution in [2.75, 3.05) is 19.7 Å². The first kappa shape index (κ1) is 11.1. The van der Waals surface area contributed by atoms with Crippen LogP contribution in [0.5, 0.6) is 0 Å². The second-order valence-corrected chi connectivity index (χ2v) is 4.38. The number of fused-ring (bicyclic) bond motifs is 1. The summed E-state index contributed by atoms with van der Waals surface area (Å²) in [5.74, 6) is -0.133. The molecule has 8 heteroatoms. The van der Waals surface area contributed by atoms with Crippen molar-refractivity contribution in [2.24, 2.45) is 0 Å². The summed E-state index contributed by atoms with van der Waals surface area (Å²) in [6, 6.07) is -0.363. The molecule has 96 valence electrons. The number of carbonyl (C=O) groups is 2. The quantitative estimate of drug-likeness (QED) is 0.628. The van der Waals surface area contributed by atoms with E-state index in [0.717, 1.165) is 0 Å². The van der Waals surface area contributed by atoms with Crippen molar-refractivity contribution in [3.8, 4) is 0 Å². The Labute approximate surface area is 103 Å². The van der Waals surface area contributed by atoms with Gasteiger partial charge >= 0.3 is 6.03 Å². The maximum atomic E-state index is 12.0. The Bertz CT molecular complexity index is 460. The number of hydrogen-bond donors (Lipinski definition) is 1. The highest BCUT2D eigenvalue weighted by Gasteiger charge is 2.36. The number of morpholine rings is 1. The van der Waals surface area contributed by atoms with Gasteiger partial charge in [0.15, 0.2) is 0 Å². The number of nitrogens with zero attached hydrogens (tertiary/aromatic N) is 4. The summed E-state index contributed by atoms with van der Waals surface area (Å²) >= 11 is 0. The normalized spacial score (nSPS) is 27.6. The van der Waals surface area contributed by atoms with E-state index in [-0.39, 0.29) is 30.7 Å². The van der Waals surface area contributed by atoms with Crippen LogP contribution in [0.1, 0.15) is 6.42 Å². The van der Waals surface area contributed by atoms with Crippen LogP contribution in [0.3, 0.4) is 0 Å². The fraction of sp³-hybridized carbons (Fsp3) is 0.600. The lowest BCUT2D eigenvalue weighted by atomic mass is 10.0. The number of carbonyl (C=O) groups excluding carboxylic acids is 2. The van der Waals surface area contributed by atoms with Crippen molar-refractivity contribution < 1.29 is 14.3 Å². The molecule has 2 saturated heterocycles. The highest BCUT2D eigenvalue weighted by Crippen LogP contribution is 2.17. The van der Waals surface area contributed by atoms with E-state index in [1.165, 1.54) is 17.3 Å². The van der Waals surface area contributed by atoms with E-state index in [2.05, 4.69) is 15.4 Å². The smallest absolute Gasteiger partial charge is 0.346 e. The monoisotopic (exact) mass is 251 g/mol. The van der Waals surface area contributed by atoms with Gasteiger partial charge in [-0.2, -0.15) is 9.78 Å². The van der Waals surface area contributed by atoms with Crippen molar-refractivity contribution in [1.82, 2.24) is 25.0 Å². The number of likely N-dealkylation sites (tertiary alicyclic amines) is 1. The summed E-state index contributed by atoms with van der Waals surface area (Å²) in [5, 5.41) is 6.65. The molecular formula is C10H13N5O3. The van der Waals surface area contributed by atoms with E-state index in [4.69, 9.17) is 4.74 Å². The lowest BCUT2D eigenvalue weighted by molar-refractivity contribution is -0.139. The SMILES string of the molecule is O=C1COC2CCN(C(=O)n3cncn3)CC2N1. The molecule has 1 aromatic heterocycles. The van der Waals surface area contributed by atoms with E-state index in [9.17, 15) is 9.59 Å². The zero-order valence-electron chi connectivity index (χ0n) is 9.65. The number of aromatic nitrogens is 3. The summed E-state index contributed by atoms with van der Waals surface area (Å²) in [4.78, 5) is 28.7. The van der Waals surface area contributed by atoms with Gasteiger partial charge in [0.2, 0.25) is 5.91 Å². The van der Waals surface area contributed by atoms with Crippen molar-refractivity contribution in [1.29, 1.82) is 0 Å². The van der Waals surface area contributed by atoms with Gasteiger partial charge in [0.25, 0.3) is 0 Å². The average Bonchev–Trinajstić information content (AvgIpc) is 2.90. The fourth-order valence-corrected chi connectivity index (χ4v) is 2.33. The summed E-state index contributed by atoms with van der Waals surface area (Å²) in [7, 11) is 0. The van der Waals surface area contributed by atoms with Gasteiger partial charge in [-0.05, 0) is 6.42 Å². The molecule has 2 fully saturated rings. The summed E-state index contributed by atoms with van der Waals surface area (Å²) in [5.41, 5.74) is 0. The number of amides is 2. The van der Waals surface area contributed by atoms with Crippen LogP contribution in [0, 0.1) is 0 Å². The molecule has 0 spiro atoms. The molecule has 2 aliphatic heterocycles. The maximum absolute atomic E-state index is 12.0. The molecule has 0 bridgehead atoms. The second kappa shape index (κ2) is 4.37. The number of nitrogens with one attached hydrogen (secondary N) is 1. The van der Waals surface area contributed by atoms with Gasteiger partial charge in [-0.15, -0.1) is 0 Å². The van der Waals surface area contributed by atoms with Gasteiger partial charge in [-0.25, -0.2) is 9.78 Å². The lowest BCUT2D eigenvalue weighted by Crippen LogP contribution is -2.61. The molecular weight excluding hydrogens is 238 g/mol. The van der Waals surface area contributed by atoms with Crippen molar-refractivity contribution >= 4 is 11.9 Å². The van der Waals surface area contributed by atoms with Crippen LogP contribution in [0.15, 0.2) is 12.7 Å². The predicted molar refractivity (Wildman–Crippen MR) is 58.7 cm³/mol. The first-order valence-corrected chi connectivity index (χ1v) is 5.79. The van der Waals surface area contributed by atoms with Crippen LogP contribution in [0.25, 0.3) is 0 Å². The van der Waals surface area contributed by atoms with Crippen LogP contribution in [-0.2, 0) is 9.53 Å². The first-order chi connectivity index (χ1) is 8.74. The number of rotatable bonds is 0. The molecule has 3 heterocycles. The van der Waals surface area contributed by atoms with Gasteiger partial charge in [0, 0.05) is 13.1 Å². The van der Waals surface area contributed by atoms with Crippen molar-refractivity contribution in [2.45, 2.75) is 18.6 Å². The molecule has 8 nitrogen and oxygen atoms in total. The number of ether oxygens (including phenoxy) is 1. The Morgan fingerprint density at radius 1 is 1.56 bits per heavy atom. The molecule has 0 radical (unpaired) electrons. The largest absolute Gasteiger partial charge is 0.366 e. The Morgan fingerprint density at radius 2 is 2.44 bits per heavy atom. The van der Waals surface area contributed by atoms with Gasteiger partial charge in [-0.3, -0.25) is 4.79 Å². The van der Waals surface area contributed by atoms with Gasteiger partial charge in [0.1, 0.15) is 19.3 Å². The van der Waals surface area contributed by atoms with E-state index >= 15 is 0 Å². The third-order valence-corrected chi connectivity index (χ3v) is 3.21. The van der Waals surface area contributed by atoms with Crippen LogP contribution < -0.4 is 5.32 Å². The van der Waals surface area contributed by atoms with E-state index in [1.54, 1.807) is 4.90 Å².